The molecule has 0 bridgehead atoms. The molecule has 0 saturated carbocycles. The van der Waals surface area contributed by atoms with Crippen LogP contribution in [0.4, 0.5) is 5.69 Å². The number of Topliss-reactive ketones (excluding diaryl/α,β-unsaturated/α-hetero) is 1. The average molecular weight is 440 g/mol. The van der Waals surface area contributed by atoms with Gasteiger partial charge >= 0.3 is 0 Å². The number of carbonyl (C=O) groups excluding carboxylic acids is 1. The molecule has 2 aromatic heterocycles. The molecule has 1 aliphatic carbocycles. The monoisotopic (exact) mass is 439 g/mol. The number of nitro groups is 1. The summed E-state index contributed by atoms with van der Waals surface area (Å²) in [6.45, 7) is 0. The minimum Gasteiger partial charge on any atom is -0.452 e. The number of benzene rings is 2. The van der Waals surface area contributed by atoms with Gasteiger partial charge in [0.25, 0.3) is 5.69 Å². The third-order valence-corrected chi connectivity index (χ3v) is 6.16. The van der Waals surface area contributed by atoms with Gasteiger partial charge in [0.15, 0.2) is 11.2 Å². The Hall–Kier alpha value is -3.43. The number of rotatable bonds is 3. The molecule has 2 aromatic carbocycles. The highest BCUT2D eigenvalue weighted by Crippen LogP contribution is 2.47. The summed E-state index contributed by atoms with van der Waals surface area (Å²) in [4.78, 5) is 37.2. The molecule has 4 aromatic rings. The summed E-state index contributed by atoms with van der Waals surface area (Å²) in [5.74, 6) is -1.92. The van der Waals surface area contributed by atoms with Gasteiger partial charge in [-0.1, -0.05) is 23.7 Å². The highest BCUT2D eigenvalue weighted by Gasteiger charge is 2.47. The molecule has 8 nitrogen and oxygen atoms in total. The number of ketones is 1. The van der Waals surface area contributed by atoms with Crippen molar-refractivity contribution in [3.8, 4) is 0 Å². The topological polar surface area (TPSA) is 116 Å². The van der Waals surface area contributed by atoms with Crippen LogP contribution in [0.1, 0.15) is 38.5 Å². The van der Waals surface area contributed by atoms with Gasteiger partial charge < -0.3 is 4.42 Å². The van der Waals surface area contributed by atoms with Crippen molar-refractivity contribution < 1.29 is 14.1 Å². The molecule has 30 heavy (non-hydrogen) atoms. The molecule has 2 heterocycles. The molecule has 0 unspecified atom stereocenters. The smallest absolute Gasteiger partial charge is 0.269 e. The molecule has 10 heteroatoms. The third-order valence-electron chi connectivity index (χ3n) is 5.14. The number of halogens is 1. The fourth-order valence-electron chi connectivity index (χ4n) is 3.84. The van der Waals surface area contributed by atoms with E-state index in [1.54, 1.807) is 24.3 Å². The van der Waals surface area contributed by atoms with Crippen LogP contribution in [0.2, 0.25) is 5.02 Å². The van der Waals surface area contributed by atoms with Gasteiger partial charge in [0.1, 0.15) is 16.1 Å². The molecule has 5 rings (SSSR count). The van der Waals surface area contributed by atoms with Crippen molar-refractivity contribution in [3.63, 3.8) is 0 Å². The number of hydrogen-bond donors (Lipinski definition) is 0. The van der Waals surface area contributed by atoms with Gasteiger partial charge in [-0.2, -0.15) is 0 Å². The molecule has 0 fully saturated rings. The van der Waals surface area contributed by atoms with Crippen LogP contribution >= 0.6 is 22.9 Å². The number of carbonyl (C=O) groups is 1. The summed E-state index contributed by atoms with van der Waals surface area (Å²) in [6.07, 6.45) is 0. The first kappa shape index (κ1) is 18.6. The first-order chi connectivity index (χ1) is 14.5. The lowest BCUT2D eigenvalue weighted by Gasteiger charge is -2.16. The van der Waals surface area contributed by atoms with E-state index in [2.05, 4.69) is 10.2 Å². The van der Waals surface area contributed by atoms with Crippen LogP contribution in [0.5, 0.6) is 0 Å². The molecule has 0 aliphatic heterocycles. The lowest BCUT2D eigenvalue weighted by atomic mass is 9.85. The molecule has 0 amide bonds. The van der Waals surface area contributed by atoms with Crippen LogP contribution in [0.15, 0.2) is 57.2 Å². The molecule has 0 spiro atoms. The predicted octanol–water partition coefficient (Wildman–Crippen LogP) is 4.32. The lowest BCUT2D eigenvalue weighted by Crippen LogP contribution is -2.16. The zero-order chi connectivity index (χ0) is 21.0. The number of nitro benzene ring substituents is 1. The minimum atomic E-state index is -0.808. The van der Waals surface area contributed by atoms with E-state index in [4.69, 9.17) is 16.0 Å². The molecule has 0 saturated heterocycles. The Balaban J connectivity index is 1.79. The van der Waals surface area contributed by atoms with E-state index in [-0.39, 0.29) is 39.2 Å². The maximum absolute atomic E-state index is 13.4. The van der Waals surface area contributed by atoms with E-state index in [1.807, 2.05) is 0 Å². The number of non-ortho nitro benzene ring substituents is 1. The largest absolute Gasteiger partial charge is 0.452 e. The summed E-state index contributed by atoms with van der Waals surface area (Å²) >= 11 is 7.25. The van der Waals surface area contributed by atoms with E-state index in [9.17, 15) is 19.7 Å². The van der Waals surface area contributed by atoms with Crippen molar-refractivity contribution >= 4 is 45.4 Å². The minimum absolute atomic E-state index is 0.0293. The number of fused-ring (bicyclic) bond motifs is 2. The Morgan fingerprint density at radius 1 is 1.10 bits per heavy atom. The number of nitrogens with zero attached hydrogens (tertiary/aromatic N) is 3. The quantitative estimate of drug-likeness (QED) is 0.344. The van der Waals surface area contributed by atoms with Crippen molar-refractivity contribution in [2.75, 3.05) is 0 Å². The van der Waals surface area contributed by atoms with E-state index in [1.165, 1.54) is 35.0 Å². The fraction of sp³-hybridized carbons (Fsp3) is 0.100. The first-order valence-corrected chi connectivity index (χ1v) is 10.0. The van der Waals surface area contributed by atoms with Crippen molar-refractivity contribution in [1.82, 2.24) is 10.2 Å². The van der Waals surface area contributed by atoms with Crippen LogP contribution in [-0.4, -0.2) is 20.9 Å². The number of hydrogen-bond acceptors (Lipinski definition) is 8. The molecule has 0 radical (unpaired) electrons. The zero-order valence-corrected chi connectivity index (χ0v) is 16.5. The van der Waals surface area contributed by atoms with E-state index < -0.39 is 16.8 Å². The second-order valence-corrected chi connectivity index (χ2v) is 8.06. The van der Waals surface area contributed by atoms with E-state index >= 15 is 0 Å². The predicted molar refractivity (Wildman–Crippen MR) is 109 cm³/mol. The average Bonchev–Trinajstić information content (AvgIpc) is 3.35. The van der Waals surface area contributed by atoms with Gasteiger partial charge in [-0.3, -0.25) is 19.7 Å². The molecule has 148 valence electrons. The lowest BCUT2D eigenvalue weighted by molar-refractivity contribution is -0.384. The zero-order valence-electron chi connectivity index (χ0n) is 14.9. The van der Waals surface area contributed by atoms with Crippen molar-refractivity contribution in [2.24, 2.45) is 0 Å². The van der Waals surface area contributed by atoms with Crippen molar-refractivity contribution in [1.29, 1.82) is 0 Å². The van der Waals surface area contributed by atoms with E-state index in [0.29, 0.717) is 15.6 Å². The van der Waals surface area contributed by atoms with Crippen LogP contribution in [0.3, 0.4) is 0 Å². The van der Waals surface area contributed by atoms with Gasteiger partial charge in [0, 0.05) is 23.1 Å². The summed E-state index contributed by atoms with van der Waals surface area (Å²) in [5.41, 5.74) is 2.08. The Kier molecular flexibility index (Phi) is 4.23. The fourth-order valence-corrected chi connectivity index (χ4v) is 4.70. The summed E-state index contributed by atoms with van der Waals surface area (Å²) in [5, 5.41) is 20.0. The highest BCUT2D eigenvalue weighted by molar-refractivity contribution is 7.09. The van der Waals surface area contributed by atoms with Gasteiger partial charge in [0.2, 0.25) is 5.78 Å². The molecule has 2 atom stereocenters. The van der Waals surface area contributed by atoms with Crippen LogP contribution < -0.4 is 5.43 Å². The normalized spacial score (nSPS) is 18.0. The van der Waals surface area contributed by atoms with Crippen LogP contribution in [0.25, 0.3) is 11.0 Å². The van der Waals surface area contributed by atoms with Crippen molar-refractivity contribution in [2.45, 2.75) is 11.8 Å². The summed E-state index contributed by atoms with van der Waals surface area (Å²) in [7, 11) is 0. The van der Waals surface area contributed by atoms with Gasteiger partial charge in [0.05, 0.1) is 21.8 Å². The Morgan fingerprint density at radius 2 is 1.87 bits per heavy atom. The second kappa shape index (κ2) is 6.82. The van der Waals surface area contributed by atoms with Crippen molar-refractivity contribution in [3.05, 3.63) is 95.2 Å². The van der Waals surface area contributed by atoms with E-state index in [0.717, 1.165) is 0 Å². The SMILES string of the molecule is O=C1c2oc3ccc(Cl)cc3c(=O)c2[C@H](c2ccc([N+](=O)[O-])cc2)[C@H]1c1nncs1. The van der Waals surface area contributed by atoms with Gasteiger partial charge in [-0.05, 0) is 23.8 Å². The molecule has 1 aliphatic rings. The van der Waals surface area contributed by atoms with Gasteiger partial charge in [-0.25, -0.2) is 0 Å². The number of aromatic nitrogens is 2. The summed E-state index contributed by atoms with van der Waals surface area (Å²) in [6, 6.07) is 10.4. The third kappa shape index (κ3) is 2.74. The first-order valence-electron chi connectivity index (χ1n) is 8.76. The Bertz CT molecular complexity index is 1380. The Labute approximate surface area is 176 Å². The summed E-state index contributed by atoms with van der Waals surface area (Å²) < 4.78 is 5.83. The van der Waals surface area contributed by atoms with Crippen LogP contribution in [-0.2, 0) is 0 Å². The van der Waals surface area contributed by atoms with Gasteiger partial charge in [-0.15, -0.1) is 21.5 Å². The standard InChI is InChI=1S/C20H10ClN3O5S/c21-10-3-6-13-12(7-10)17(25)15-14(9-1-4-11(5-2-9)24(27)28)16(18(26)19(15)29-13)20-23-22-8-30-20/h1-8,14,16H/t14-,16+/m0/s1. The molecular formula is C20H10ClN3O5S. The molecule has 0 N–H and O–H groups in total. The molecular weight excluding hydrogens is 430 g/mol. The maximum Gasteiger partial charge on any atom is 0.269 e. The highest BCUT2D eigenvalue weighted by atomic mass is 35.5. The maximum atomic E-state index is 13.4. The van der Waals surface area contributed by atoms with Crippen LogP contribution in [0, 0.1) is 10.1 Å². The Morgan fingerprint density at radius 3 is 2.53 bits per heavy atom. The second-order valence-electron chi connectivity index (χ2n) is 6.76.